The number of hydrogen-bond donors (Lipinski definition) is 2. The summed E-state index contributed by atoms with van der Waals surface area (Å²) in [7, 11) is 0. The molecule has 1 unspecified atom stereocenters. The lowest BCUT2D eigenvalue weighted by molar-refractivity contribution is -0.121. The summed E-state index contributed by atoms with van der Waals surface area (Å²) in [5.74, 6) is -0.307. The fraction of sp³-hybridized carbons (Fsp3) is 0.259. The van der Waals surface area contributed by atoms with Crippen LogP contribution in [0.4, 0.5) is 5.69 Å². The van der Waals surface area contributed by atoms with Gasteiger partial charge in [-0.15, -0.1) is 0 Å². The van der Waals surface area contributed by atoms with Crippen molar-refractivity contribution in [3.05, 3.63) is 102 Å². The molecule has 5 heteroatoms. The number of hydrogen-bond acceptors (Lipinski definition) is 3. The summed E-state index contributed by atoms with van der Waals surface area (Å²) >= 11 is 0. The minimum atomic E-state index is -0.195. The highest BCUT2D eigenvalue weighted by molar-refractivity contribution is 6.04. The van der Waals surface area contributed by atoms with Gasteiger partial charge in [0, 0.05) is 19.6 Å². The molecule has 2 N–H and O–H groups in total. The van der Waals surface area contributed by atoms with E-state index in [2.05, 4.69) is 27.7 Å². The van der Waals surface area contributed by atoms with Crippen LogP contribution in [-0.2, 0) is 17.9 Å². The van der Waals surface area contributed by atoms with E-state index in [0.717, 1.165) is 38.0 Å². The van der Waals surface area contributed by atoms with E-state index < -0.39 is 0 Å². The van der Waals surface area contributed by atoms with Gasteiger partial charge >= 0.3 is 0 Å². The van der Waals surface area contributed by atoms with Gasteiger partial charge in [-0.2, -0.15) is 0 Å². The van der Waals surface area contributed by atoms with E-state index in [9.17, 15) is 9.59 Å². The van der Waals surface area contributed by atoms with Crippen LogP contribution in [0.5, 0.6) is 0 Å². The lowest BCUT2D eigenvalue weighted by atomic mass is 9.96. The third-order valence-electron chi connectivity index (χ3n) is 5.85. The van der Waals surface area contributed by atoms with Crippen LogP contribution in [0.15, 0.2) is 84.9 Å². The Morgan fingerprint density at radius 2 is 1.50 bits per heavy atom. The normalized spacial score (nSPS) is 16.3. The fourth-order valence-corrected chi connectivity index (χ4v) is 4.15. The number of nitrogens with zero attached hydrogens (tertiary/aromatic N) is 1. The predicted octanol–water partition coefficient (Wildman–Crippen LogP) is 4.47. The highest BCUT2D eigenvalue weighted by Gasteiger charge is 2.26. The molecule has 164 valence electrons. The van der Waals surface area contributed by atoms with Crippen molar-refractivity contribution in [1.29, 1.82) is 0 Å². The number of rotatable bonds is 7. The average Bonchev–Trinajstić information content (AvgIpc) is 2.84. The quantitative estimate of drug-likeness (QED) is 0.585. The zero-order valence-electron chi connectivity index (χ0n) is 18.2. The number of anilines is 1. The van der Waals surface area contributed by atoms with Gasteiger partial charge in [0.25, 0.3) is 5.91 Å². The molecule has 1 saturated heterocycles. The minimum Gasteiger partial charge on any atom is -0.348 e. The molecular weight excluding hydrogens is 398 g/mol. The Kier molecular flexibility index (Phi) is 7.31. The first-order valence-electron chi connectivity index (χ1n) is 11.2. The maximum atomic E-state index is 13.1. The Balaban J connectivity index is 1.37. The molecule has 1 fully saturated rings. The molecule has 3 aromatic rings. The second kappa shape index (κ2) is 10.7. The fourth-order valence-electron chi connectivity index (χ4n) is 4.15. The number of carbonyl (C=O) groups is 2. The molecule has 4 rings (SSSR count). The molecule has 1 atom stereocenters. The number of nitrogens with one attached hydrogen (secondary N) is 2. The molecule has 3 aromatic carbocycles. The molecule has 0 saturated carbocycles. The van der Waals surface area contributed by atoms with Gasteiger partial charge in [0.05, 0.1) is 17.2 Å². The van der Waals surface area contributed by atoms with Gasteiger partial charge in [-0.05, 0) is 42.6 Å². The van der Waals surface area contributed by atoms with Crippen LogP contribution >= 0.6 is 0 Å². The van der Waals surface area contributed by atoms with Gasteiger partial charge < -0.3 is 10.6 Å². The van der Waals surface area contributed by atoms with Crippen molar-refractivity contribution in [1.82, 2.24) is 10.2 Å². The molecule has 1 heterocycles. The summed E-state index contributed by atoms with van der Waals surface area (Å²) < 4.78 is 0. The summed E-state index contributed by atoms with van der Waals surface area (Å²) in [5, 5.41) is 5.96. The SMILES string of the molecule is O=C(NCc1ccccc1)c1ccccc1NC(=O)C1CCCN(Cc2ccccc2)C1. The van der Waals surface area contributed by atoms with Gasteiger partial charge in [0.1, 0.15) is 0 Å². The molecule has 0 radical (unpaired) electrons. The number of amides is 2. The zero-order chi connectivity index (χ0) is 22.2. The topological polar surface area (TPSA) is 61.4 Å². The number of piperidine rings is 1. The van der Waals surface area contributed by atoms with Gasteiger partial charge in [-0.1, -0.05) is 72.8 Å². The molecule has 32 heavy (non-hydrogen) atoms. The number of benzene rings is 3. The van der Waals surface area contributed by atoms with Crippen molar-refractivity contribution in [2.75, 3.05) is 18.4 Å². The molecule has 0 spiro atoms. The second-order valence-corrected chi connectivity index (χ2v) is 8.26. The molecule has 1 aliphatic rings. The number of likely N-dealkylation sites (tertiary alicyclic amines) is 1. The van der Waals surface area contributed by atoms with E-state index in [1.165, 1.54) is 5.56 Å². The first-order chi connectivity index (χ1) is 15.7. The Morgan fingerprint density at radius 3 is 2.25 bits per heavy atom. The molecule has 0 bridgehead atoms. The largest absolute Gasteiger partial charge is 0.348 e. The zero-order valence-corrected chi connectivity index (χ0v) is 18.2. The Morgan fingerprint density at radius 1 is 0.844 bits per heavy atom. The van der Waals surface area contributed by atoms with Crippen LogP contribution in [-0.4, -0.2) is 29.8 Å². The Bertz CT molecular complexity index is 1040. The third-order valence-corrected chi connectivity index (χ3v) is 5.85. The van der Waals surface area contributed by atoms with Crippen molar-refractivity contribution in [3.8, 4) is 0 Å². The molecule has 5 nitrogen and oxygen atoms in total. The van der Waals surface area contributed by atoms with E-state index >= 15 is 0 Å². The standard InChI is InChI=1S/C27H29N3O2/c31-26(23-14-9-17-30(20-23)19-22-12-5-2-6-13-22)29-25-16-8-7-15-24(25)27(32)28-18-21-10-3-1-4-11-21/h1-8,10-13,15-16,23H,9,14,17-20H2,(H,28,32)(H,29,31). The maximum absolute atomic E-state index is 13.1. The second-order valence-electron chi connectivity index (χ2n) is 8.26. The summed E-state index contributed by atoms with van der Waals surface area (Å²) in [6.07, 6.45) is 1.85. The van der Waals surface area contributed by atoms with Gasteiger partial charge in [-0.3, -0.25) is 14.5 Å². The van der Waals surface area contributed by atoms with Crippen LogP contribution in [0, 0.1) is 5.92 Å². The van der Waals surface area contributed by atoms with E-state index in [1.807, 2.05) is 60.7 Å². The van der Waals surface area contributed by atoms with Crippen molar-refractivity contribution >= 4 is 17.5 Å². The highest BCUT2D eigenvalue weighted by Crippen LogP contribution is 2.22. The molecule has 2 amide bonds. The summed E-state index contributed by atoms with van der Waals surface area (Å²) in [6.45, 7) is 3.02. The van der Waals surface area contributed by atoms with Crippen LogP contribution < -0.4 is 10.6 Å². The molecule has 1 aliphatic heterocycles. The lowest BCUT2D eigenvalue weighted by Crippen LogP contribution is -2.40. The van der Waals surface area contributed by atoms with Crippen molar-refractivity contribution in [2.45, 2.75) is 25.9 Å². The van der Waals surface area contributed by atoms with Crippen LogP contribution in [0.3, 0.4) is 0 Å². The minimum absolute atomic E-state index is 0.0222. The molecule has 0 aromatic heterocycles. The smallest absolute Gasteiger partial charge is 0.253 e. The van der Waals surface area contributed by atoms with Crippen LogP contribution in [0.25, 0.3) is 0 Å². The Labute approximate surface area is 189 Å². The Hall–Kier alpha value is -3.44. The van der Waals surface area contributed by atoms with E-state index in [4.69, 9.17) is 0 Å². The van der Waals surface area contributed by atoms with E-state index in [0.29, 0.717) is 17.8 Å². The van der Waals surface area contributed by atoms with Gasteiger partial charge in [-0.25, -0.2) is 0 Å². The lowest BCUT2D eigenvalue weighted by Gasteiger charge is -2.32. The highest BCUT2D eigenvalue weighted by atomic mass is 16.2. The van der Waals surface area contributed by atoms with E-state index in [1.54, 1.807) is 12.1 Å². The first kappa shape index (κ1) is 21.8. The monoisotopic (exact) mass is 427 g/mol. The third kappa shape index (κ3) is 5.83. The predicted molar refractivity (Wildman–Crippen MR) is 127 cm³/mol. The molecule has 0 aliphatic carbocycles. The number of carbonyl (C=O) groups excluding carboxylic acids is 2. The van der Waals surface area contributed by atoms with Crippen molar-refractivity contribution in [2.24, 2.45) is 5.92 Å². The van der Waals surface area contributed by atoms with Crippen LogP contribution in [0.1, 0.15) is 34.3 Å². The first-order valence-corrected chi connectivity index (χ1v) is 11.2. The van der Waals surface area contributed by atoms with Crippen molar-refractivity contribution in [3.63, 3.8) is 0 Å². The number of para-hydroxylation sites is 1. The van der Waals surface area contributed by atoms with Gasteiger partial charge in [0.15, 0.2) is 0 Å². The molecular formula is C27H29N3O2. The van der Waals surface area contributed by atoms with Crippen LogP contribution in [0.2, 0.25) is 0 Å². The van der Waals surface area contributed by atoms with E-state index in [-0.39, 0.29) is 17.7 Å². The van der Waals surface area contributed by atoms with Crippen molar-refractivity contribution < 1.29 is 9.59 Å². The summed E-state index contributed by atoms with van der Waals surface area (Å²) in [4.78, 5) is 28.2. The maximum Gasteiger partial charge on any atom is 0.253 e. The summed E-state index contributed by atoms with van der Waals surface area (Å²) in [6, 6.07) is 27.3. The average molecular weight is 428 g/mol. The van der Waals surface area contributed by atoms with Gasteiger partial charge in [0.2, 0.25) is 5.91 Å². The summed E-state index contributed by atoms with van der Waals surface area (Å²) in [5.41, 5.74) is 3.33.